The summed E-state index contributed by atoms with van der Waals surface area (Å²) in [7, 11) is 2.67. The topological polar surface area (TPSA) is 87.3 Å². The number of carbonyl (C=O) groups is 1. The van der Waals surface area contributed by atoms with E-state index in [4.69, 9.17) is 10.5 Å². The monoisotopic (exact) mass is 183 g/mol. The Morgan fingerprint density at radius 1 is 1.54 bits per heavy atom. The SMILES string of the molecule is COC(=O)c1cnc(OC)c(N)n1. The molecule has 0 aliphatic rings. The van der Waals surface area contributed by atoms with Crippen LogP contribution in [0.5, 0.6) is 5.88 Å². The fourth-order valence-corrected chi connectivity index (χ4v) is 0.753. The zero-order valence-corrected chi connectivity index (χ0v) is 7.27. The minimum Gasteiger partial charge on any atom is -0.478 e. The van der Waals surface area contributed by atoms with Gasteiger partial charge in [0.05, 0.1) is 20.4 Å². The molecule has 0 aromatic carbocycles. The van der Waals surface area contributed by atoms with Crippen LogP contribution in [0.1, 0.15) is 10.5 Å². The number of hydrogen-bond donors (Lipinski definition) is 1. The van der Waals surface area contributed by atoms with Gasteiger partial charge in [-0.3, -0.25) is 0 Å². The van der Waals surface area contributed by atoms with Crippen LogP contribution >= 0.6 is 0 Å². The summed E-state index contributed by atoms with van der Waals surface area (Å²) in [4.78, 5) is 18.4. The summed E-state index contributed by atoms with van der Waals surface area (Å²) in [5, 5.41) is 0. The van der Waals surface area contributed by atoms with Gasteiger partial charge in [0.2, 0.25) is 0 Å². The summed E-state index contributed by atoms with van der Waals surface area (Å²) >= 11 is 0. The molecule has 6 nitrogen and oxygen atoms in total. The molecule has 2 N–H and O–H groups in total. The molecule has 1 aromatic heterocycles. The Morgan fingerprint density at radius 2 is 2.23 bits per heavy atom. The van der Waals surface area contributed by atoms with Gasteiger partial charge in [-0.25, -0.2) is 14.8 Å². The number of hydrogen-bond acceptors (Lipinski definition) is 6. The van der Waals surface area contributed by atoms with Crippen LogP contribution < -0.4 is 10.5 Å². The summed E-state index contributed by atoms with van der Waals surface area (Å²) in [5.41, 5.74) is 5.47. The molecular weight excluding hydrogens is 174 g/mol. The third kappa shape index (κ3) is 1.84. The first kappa shape index (κ1) is 9.24. The highest BCUT2D eigenvalue weighted by molar-refractivity contribution is 5.87. The zero-order chi connectivity index (χ0) is 9.84. The van der Waals surface area contributed by atoms with E-state index >= 15 is 0 Å². The predicted octanol–water partition coefficient (Wildman–Crippen LogP) is -0.146. The summed E-state index contributed by atoms with van der Waals surface area (Å²) in [6, 6.07) is 0. The van der Waals surface area contributed by atoms with Crippen molar-refractivity contribution in [2.75, 3.05) is 20.0 Å². The number of nitrogen functional groups attached to an aromatic ring is 1. The molecule has 0 saturated heterocycles. The lowest BCUT2D eigenvalue weighted by molar-refractivity contribution is 0.0593. The molecule has 0 amide bonds. The van der Waals surface area contributed by atoms with Crippen LogP contribution in [0.2, 0.25) is 0 Å². The first-order valence-corrected chi connectivity index (χ1v) is 3.44. The first-order chi connectivity index (χ1) is 6.19. The lowest BCUT2D eigenvalue weighted by atomic mass is 10.4. The van der Waals surface area contributed by atoms with Crippen molar-refractivity contribution in [3.63, 3.8) is 0 Å². The van der Waals surface area contributed by atoms with Crippen LogP contribution in [-0.2, 0) is 4.74 Å². The third-order valence-electron chi connectivity index (χ3n) is 1.35. The van der Waals surface area contributed by atoms with Crippen LogP contribution in [0.3, 0.4) is 0 Å². The molecule has 1 rings (SSSR count). The molecule has 0 fully saturated rings. The van der Waals surface area contributed by atoms with Gasteiger partial charge in [-0.2, -0.15) is 0 Å². The Morgan fingerprint density at radius 3 is 2.69 bits per heavy atom. The van der Waals surface area contributed by atoms with Gasteiger partial charge in [-0.1, -0.05) is 0 Å². The Hall–Kier alpha value is -1.85. The predicted molar refractivity (Wildman–Crippen MR) is 44.3 cm³/mol. The molecule has 0 aliphatic heterocycles. The number of nitrogens with zero attached hydrogens (tertiary/aromatic N) is 2. The van der Waals surface area contributed by atoms with Crippen LogP contribution in [-0.4, -0.2) is 30.2 Å². The third-order valence-corrected chi connectivity index (χ3v) is 1.35. The Balaban J connectivity index is 3.02. The highest BCUT2D eigenvalue weighted by Gasteiger charge is 2.10. The van der Waals surface area contributed by atoms with Crippen LogP contribution in [0, 0.1) is 0 Å². The molecule has 0 aliphatic carbocycles. The maximum Gasteiger partial charge on any atom is 0.358 e. The number of rotatable bonds is 2. The van der Waals surface area contributed by atoms with E-state index < -0.39 is 5.97 Å². The van der Waals surface area contributed by atoms with E-state index in [-0.39, 0.29) is 17.4 Å². The summed E-state index contributed by atoms with van der Waals surface area (Å²) < 4.78 is 9.19. The lowest BCUT2D eigenvalue weighted by Gasteiger charge is -2.02. The molecular formula is C7H9N3O3. The molecule has 13 heavy (non-hydrogen) atoms. The minimum atomic E-state index is -0.582. The summed E-state index contributed by atoms with van der Waals surface area (Å²) in [6.45, 7) is 0. The van der Waals surface area contributed by atoms with E-state index in [1.165, 1.54) is 20.4 Å². The molecule has 0 unspecified atom stereocenters. The second kappa shape index (κ2) is 3.70. The maximum absolute atomic E-state index is 10.9. The lowest BCUT2D eigenvalue weighted by Crippen LogP contribution is -2.08. The van der Waals surface area contributed by atoms with Gasteiger partial charge in [-0.15, -0.1) is 0 Å². The van der Waals surface area contributed by atoms with Crippen molar-refractivity contribution in [3.05, 3.63) is 11.9 Å². The first-order valence-electron chi connectivity index (χ1n) is 3.44. The molecule has 0 saturated carbocycles. The van der Waals surface area contributed by atoms with Crippen molar-refractivity contribution >= 4 is 11.8 Å². The number of ether oxygens (including phenoxy) is 2. The molecule has 0 atom stereocenters. The standard InChI is InChI=1S/C7H9N3O3/c1-12-6-5(8)10-4(3-9-6)7(11)13-2/h3H,1-2H3,(H2,8,10). The summed E-state index contributed by atoms with van der Waals surface area (Å²) in [6.07, 6.45) is 1.24. The normalized spacial score (nSPS) is 9.38. The highest BCUT2D eigenvalue weighted by atomic mass is 16.5. The highest BCUT2D eigenvalue weighted by Crippen LogP contribution is 2.13. The van der Waals surface area contributed by atoms with Gasteiger partial charge in [0.15, 0.2) is 11.5 Å². The number of aromatic nitrogens is 2. The van der Waals surface area contributed by atoms with Crippen molar-refractivity contribution in [1.82, 2.24) is 9.97 Å². The fraction of sp³-hybridized carbons (Fsp3) is 0.286. The van der Waals surface area contributed by atoms with Gasteiger partial charge in [0.1, 0.15) is 0 Å². The number of anilines is 1. The quantitative estimate of drug-likeness (QED) is 0.642. The van der Waals surface area contributed by atoms with Crippen molar-refractivity contribution in [2.24, 2.45) is 0 Å². The second-order valence-electron chi connectivity index (χ2n) is 2.14. The molecule has 6 heteroatoms. The van der Waals surface area contributed by atoms with Gasteiger partial charge in [0, 0.05) is 0 Å². The Labute approximate surface area is 74.7 Å². The van der Waals surface area contributed by atoms with E-state index in [0.29, 0.717) is 0 Å². The smallest absolute Gasteiger partial charge is 0.358 e. The van der Waals surface area contributed by atoms with Crippen molar-refractivity contribution in [3.8, 4) is 5.88 Å². The number of esters is 1. The van der Waals surface area contributed by atoms with Gasteiger partial charge in [0.25, 0.3) is 5.88 Å². The van der Waals surface area contributed by atoms with Crippen molar-refractivity contribution in [2.45, 2.75) is 0 Å². The zero-order valence-electron chi connectivity index (χ0n) is 7.27. The number of nitrogens with two attached hydrogens (primary N) is 1. The average Bonchev–Trinajstić information content (AvgIpc) is 2.16. The van der Waals surface area contributed by atoms with E-state index in [1.807, 2.05) is 0 Å². The minimum absolute atomic E-state index is 0.0563. The van der Waals surface area contributed by atoms with Gasteiger partial charge in [-0.05, 0) is 0 Å². The Kier molecular flexibility index (Phi) is 2.63. The molecule has 0 radical (unpaired) electrons. The van der Waals surface area contributed by atoms with E-state index in [9.17, 15) is 4.79 Å². The maximum atomic E-state index is 10.9. The molecule has 1 heterocycles. The van der Waals surface area contributed by atoms with E-state index in [1.54, 1.807) is 0 Å². The molecule has 0 bridgehead atoms. The molecule has 0 spiro atoms. The van der Waals surface area contributed by atoms with Crippen molar-refractivity contribution in [1.29, 1.82) is 0 Å². The van der Waals surface area contributed by atoms with Crippen LogP contribution in [0.25, 0.3) is 0 Å². The largest absolute Gasteiger partial charge is 0.478 e. The van der Waals surface area contributed by atoms with Crippen molar-refractivity contribution < 1.29 is 14.3 Å². The average molecular weight is 183 g/mol. The number of methoxy groups -OCH3 is 2. The van der Waals surface area contributed by atoms with E-state index in [2.05, 4.69) is 14.7 Å². The second-order valence-corrected chi connectivity index (χ2v) is 2.14. The van der Waals surface area contributed by atoms with E-state index in [0.717, 1.165) is 0 Å². The fourth-order valence-electron chi connectivity index (χ4n) is 0.753. The summed E-state index contributed by atoms with van der Waals surface area (Å²) in [5.74, 6) is -0.333. The van der Waals surface area contributed by atoms with Crippen LogP contribution in [0.15, 0.2) is 6.20 Å². The Bertz CT molecular complexity index is 327. The molecule has 70 valence electrons. The van der Waals surface area contributed by atoms with Crippen LogP contribution in [0.4, 0.5) is 5.82 Å². The number of carbonyl (C=O) groups excluding carboxylic acids is 1. The molecule has 1 aromatic rings. The van der Waals surface area contributed by atoms with Gasteiger partial charge < -0.3 is 15.2 Å². The van der Waals surface area contributed by atoms with Gasteiger partial charge >= 0.3 is 5.97 Å².